The topological polar surface area (TPSA) is 15.0 Å². The van der Waals surface area contributed by atoms with E-state index in [-0.39, 0.29) is 24.0 Å². The Labute approximate surface area is 90.7 Å². The van der Waals surface area contributed by atoms with Crippen molar-refractivity contribution in [2.75, 3.05) is 13.1 Å². The summed E-state index contributed by atoms with van der Waals surface area (Å²) in [5.74, 6) is 0. The average molecular weight is 278 g/mol. The van der Waals surface area contributed by atoms with Gasteiger partial charge in [0.1, 0.15) is 0 Å². The van der Waals surface area contributed by atoms with Gasteiger partial charge in [0.05, 0.1) is 6.54 Å². The van der Waals surface area contributed by atoms with E-state index in [2.05, 4.69) is 22.3 Å². The second-order valence-corrected chi connectivity index (χ2v) is 3.20. The van der Waals surface area contributed by atoms with Crippen LogP contribution >= 0.6 is 0 Å². The minimum absolute atomic E-state index is 0. The first-order valence-corrected chi connectivity index (χ1v) is 4.50. The molecule has 0 aromatic carbocycles. The van der Waals surface area contributed by atoms with Gasteiger partial charge in [-0.05, 0) is 12.8 Å². The Morgan fingerprint density at radius 1 is 1.33 bits per heavy atom. The summed E-state index contributed by atoms with van der Waals surface area (Å²) >= 11 is 0. The summed E-state index contributed by atoms with van der Waals surface area (Å²) in [4.78, 5) is 0. The largest absolute Gasteiger partial charge is 1.00 e. The molecule has 2 nitrogen and oxygen atoms in total. The first-order valence-electron chi connectivity index (χ1n) is 4.50. The monoisotopic (exact) mass is 278 g/mol. The van der Waals surface area contributed by atoms with Crippen molar-refractivity contribution in [3.63, 3.8) is 0 Å². The molecular weight excluding hydrogens is 263 g/mol. The number of rotatable bonds is 0. The van der Waals surface area contributed by atoms with Gasteiger partial charge in [-0.15, -0.1) is 4.68 Å². The minimum Gasteiger partial charge on any atom is -1.00 e. The van der Waals surface area contributed by atoms with E-state index in [1.54, 1.807) is 0 Å². The van der Waals surface area contributed by atoms with Crippen molar-refractivity contribution < 1.29 is 28.7 Å². The number of hydrazine groups is 1. The molecule has 0 atom stereocenters. The van der Waals surface area contributed by atoms with Crippen LogP contribution in [-0.2, 0) is 0 Å². The molecule has 3 heteroatoms. The molecule has 2 aliphatic heterocycles. The van der Waals surface area contributed by atoms with Gasteiger partial charge in [-0.3, -0.25) is 0 Å². The molecule has 0 bridgehead atoms. The molecular formula is C9H15IN2. The first kappa shape index (κ1) is 10.0. The molecule has 68 valence electrons. The van der Waals surface area contributed by atoms with E-state index < -0.39 is 0 Å². The fraction of sp³-hybridized carbons (Fsp3) is 0.667. The quantitative estimate of drug-likeness (QED) is 0.404. The van der Waals surface area contributed by atoms with Gasteiger partial charge in [0.15, 0.2) is 6.54 Å². The molecule has 2 rings (SSSR count). The number of nitrogens with one attached hydrogen (secondary N) is 1. The number of halogens is 1. The summed E-state index contributed by atoms with van der Waals surface area (Å²) in [7, 11) is 0. The van der Waals surface area contributed by atoms with Gasteiger partial charge in [-0.25, -0.2) is 0 Å². The molecule has 0 unspecified atom stereocenters. The molecule has 1 N–H and O–H groups in total. The van der Waals surface area contributed by atoms with Crippen LogP contribution in [0.1, 0.15) is 25.7 Å². The van der Waals surface area contributed by atoms with Crippen LogP contribution in [0.25, 0.3) is 0 Å². The first-order chi connectivity index (χ1) is 5.47. The maximum Gasteiger partial charge on any atom is 0.205 e. The molecule has 0 fully saturated rings. The van der Waals surface area contributed by atoms with E-state index in [0.29, 0.717) is 0 Å². The summed E-state index contributed by atoms with van der Waals surface area (Å²) in [5.41, 5.74) is 4.91. The zero-order valence-corrected chi connectivity index (χ0v) is 9.38. The molecule has 2 aliphatic rings. The van der Waals surface area contributed by atoms with Gasteiger partial charge in [0, 0.05) is 18.9 Å². The van der Waals surface area contributed by atoms with E-state index in [4.69, 9.17) is 0 Å². The molecule has 0 aromatic rings. The van der Waals surface area contributed by atoms with Crippen molar-refractivity contribution in [2.24, 2.45) is 0 Å². The second-order valence-electron chi connectivity index (χ2n) is 3.20. The van der Waals surface area contributed by atoms with Crippen molar-refractivity contribution >= 4 is 5.71 Å². The lowest BCUT2D eigenvalue weighted by Crippen LogP contribution is -3.00. The Morgan fingerprint density at radius 3 is 3.17 bits per heavy atom. The number of hydrazone groups is 1. The predicted molar refractivity (Wildman–Crippen MR) is 45.7 cm³/mol. The Bertz CT molecular complexity index is 209. The Hall–Kier alpha value is -0.0600. The molecule has 0 amide bonds. The molecule has 2 heterocycles. The summed E-state index contributed by atoms with van der Waals surface area (Å²) in [6, 6.07) is 0. The van der Waals surface area contributed by atoms with Crippen molar-refractivity contribution in [3.8, 4) is 0 Å². The van der Waals surface area contributed by atoms with Crippen LogP contribution in [0, 0.1) is 0 Å². The Kier molecular flexibility index (Phi) is 4.05. The Balaban J connectivity index is 0.000000720. The smallest absolute Gasteiger partial charge is 0.205 e. The third-order valence-electron chi connectivity index (χ3n) is 2.34. The van der Waals surface area contributed by atoms with Gasteiger partial charge in [-0.1, -0.05) is 6.08 Å². The molecule has 0 aliphatic carbocycles. The van der Waals surface area contributed by atoms with Crippen molar-refractivity contribution in [1.82, 2.24) is 5.43 Å². The third-order valence-corrected chi connectivity index (χ3v) is 2.34. The van der Waals surface area contributed by atoms with Crippen LogP contribution in [0.5, 0.6) is 0 Å². The fourth-order valence-electron chi connectivity index (χ4n) is 1.70. The van der Waals surface area contributed by atoms with E-state index in [0.717, 1.165) is 13.1 Å². The minimum atomic E-state index is 0. The Morgan fingerprint density at radius 2 is 2.25 bits per heavy atom. The third kappa shape index (κ3) is 2.21. The molecule has 0 saturated heterocycles. The lowest BCUT2D eigenvalue weighted by atomic mass is 10.1. The van der Waals surface area contributed by atoms with Crippen LogP contribution in [0.3, 0.4) is 0 Å². The van der Waals surface area contributed by atoms with E-state index >= 15 is 0 Å². The highest BCUT2D eigenvalue weighted by atomic mass is 127. The molecule has 12 heavy (non-hydrogen) atoms. The van der Waals surface area contributed by atoms with Crippen LogP contribution in [-0.4, -0.2) is 23.5 Å². The lowest BCUT2D eigenvalue weighted by Gasteiger charge is -2.06. The zero-order valence-electron chi connectivity index (χ0n) is 7.22. The van der Waals surface area contributed by atoms with Gasteiger partial charge in [0.25, 0.3) is 0 Å². The van der Waals surface area contributed by atoms with Crippen LogP contribution in [0.15, 0.2) is 12.2 Å². The number of hydrogen-bond acceptors (Lipinski definition) is 1. The molecule has 0 aromatic heterocycles. The van der Waals surface area contributed by atoms with Crippen molar-refractivity contribution in [2.45, 2.75) is 25.7 Å². The van der Waals surface area contributed by atoms with Gasteiger partial charge in [-0.2, -0.15) is 5.43 Å². The van der Waals surface area contributed by atoms with E-state index in [9.17, 15) is 0 Å². The summed E-state index contributed by atoms with van der Waals surface area (Å²) < 4.78 is 2.31. The standard InChI is InChI=1S/C9H15N2.HI/c1-3-7-10-11-8-4-2-6-9(11)5-1;/h2,6,10H,1,3-5,7-8H2;1H/q+1;/p-1. The van der Waals surface area contributed by atoms with Crippen LogP contribution in [0.4, 0.5) is 0 Å². The van der Waals surface area contributed by atoms with E-state index in [1.165, 1.54) is 31.4 Å². The highest BCUT2D eigenvalue weighted by molar-refractivity contribution is 5.91. The van der Waals surface area contributed by atoms with Crippen molar-refractivity contribution in [3.05, 3.63) is 12.2 Å². The average Bonchev–Trinajstić information content (AvgIpc) is 2.28. The highest BCUT2D eigenvalue weighted by Gasteiger charge is 2.17. The van der Waals surface area contributed by atoms with Crippen molar-refractivity contribution in [1.29, 1.82) is 0 Å². The predicted octanol–water partition coefficient (Wildman–Crippen LogP) is -1.91. The molecule has 0 spiro atoms. The summed E-state index contributed by atoms with van der Waals surface area (Å²) in [5, 5.41) is 0. The number of allylic oxidation sites excluding steroid dienone is 1. The summed E-state index contributed by atoms with van der Waals surface area (Å²) in [6.45, 7) is 2.31. The zero-order chi connectivity index (χ0) is 7.52. The number of nitrogens with zero attached hydrogens (tertiary/aromatic N) is 1. The maximum atomic E-state index is 3.43. The maximum absolute atomic E-state index is 3.43. The van der Waals surface area contributed by atoms with Crippen LogP contribution < -0.4 is 29.4 Å². The van der Waals surface area contributed by atoms with Gasteiger partial charge in [0.2, 0.25) is 5.71 Å². The fourth-order valence-corrected chi connectivity index (χ4v) is 1.70. The molecule has 0 radical (unpaired) electrons. The SMILES string of the molecule is C1=CC2=[N+](CC1)NCCCC2.[I-]. The summed E-state index contributed by atoms with van der Waals surface area (Å²) in [6.07, 6.45) is 9.64. The second kappa shape index (κ2) is 4.84. The normalized spacial score (nSPS) is 22.0. The highest BCUT2D eigenvalue weighted by Crippen LogP contribution is 2.06. The van der Waals surface area contributed by atoms with E-state index in [1.807, 2.05) is 0 Å². The van der Waals surface area contributed by atoms with Crippen LogP contribution in [0.2, 0.25) is 0 Å². The van der Waals surface area contributed by atoms with Gasteiger partial charge >= 0.3 is 0 Å². The molecule has 0 saturated carbocycles. The number of hydrogen-bond donors (Lipinski definition) is 1. The lowest BCUT2D eigenvalue weighted by molar-refractivity contribution is -0.587. The van der Waals surface area contributed by atoms with Gasteiger partial charge < -0.3 is 24.0 Å².